The number of carbonyl (C=O) groups excluding carboxylic acids is 1. The lowest BCUT2D eigenvalue weighted by Crippen LogP contribution is -2.40. The van der Waals surface area contributed by atoms with E-state index < -0.39 is 12.0 Å². The number of benzene rings is 2. The highest BCUT2D eigenvalue weighted by molar-refractivity contribution is 7.07. The van der Waals surface area contributed by atoms with Crippen LogP contribution in [0.5, 0.6) is 17.2 Å². The first kappa shape index (κ1) is 25.2. The summed E-state index contributed by atoms with van der Waals surface area (Å²) < 4.78 is 23.8. The van der Waals surface area contributed by atoms with E-state index in [-0.39, 0.29) is 17.7 Å². The Hall–Kier alpha value is -3.85. The molecule has 1 atom stereocenters. The smallest absolute Gasteiger partial charge is 0.338 e. The standard InChI is InChI=1S/C27H28N2O6S/c1-7-35-26(31)23-16(3)28-27-29(24(23)20-14-19(33-5)10-11-21(20)34-6)25(30)22(36-27)13-17-8-9-18(32-4)12-15(17)2/h8-14,24H,7H2,1-6H3. The van der Waals surface area contributed by atoms with Crippen molar-refractivity contribution in [2.24, 2.45) is 4.99 Å². The second-order valence-electron chi connectivity index (χ2n) is 8.13. The van der Waals surface area contributed by atoms with Crippen LogP contribution in [0, 0.1) is 6.92 Å². The number of hydrogen-bond acceptors (Lipinski definition) is 8. The summed E-state index contributed by atoms with van der Waals surface area (Å²) in [4.78, 5) is 32.1. The lowest BCUT2D eigenvalue weighted by Gasteiger charge is -2.26. The zero-order valence-electron chi connectivity index (χ0n) is 21.1. The lowest BCUT2D eigenvalue weighted by molar-refractivity contribution is -0.139. The van der Waals surface area contributed by atoms with Gasteiger partial charge in [-0.05, 0) is 68.3 Å². The van der Waals surface area contributed by atoms with Crippen molar-refractivity contribution in [3.05, 3.63) is 84.0 Å². The summed E-state index contributed by atoms with van der Waals surface area (Å²) in [5, 5.41) is 0. The third-order valence-corrected chi connectivity index (χ3v) is 6.99. The minimum absolute atomic E-state index is 0.193. The highest BCUT2D eigenvalue weighted by Crippen LogP contribution is 2.37. The van der Waals surface area contributed by atoms with Gasteiger partial charge in [-0.25, -0.2) is 9.79 Å². The molecule has 0 saturated heterocycles. The van der Waals surface area contributed by atoms with Crippen LogP contribution in [0.1, 0.15) is 36.6 Å². The summed E-state index contributed by atoms with van der Waals surface area (Å²) in [6.45, 7) is 5.63. The Kier molecular flexibility index (Phi) is 7.30. The molecule has 0 radical (unpaired) electrons. The topological polar surface area (TPSA) is 88.4 Å². The number of aryl methyl sites for hydroxylation is 1. The minimum Gasteiger partial charge on any atom is -0.497 e. The Morgan fingerprint density at radius 2 is 1.75 bits per heavy atom. The fourth-order valence-electron chi connectivity index (χ4n) is 4.22. The van der Waals surface area contributed by atoms with Crippen molar-refractivity contribution in [3.8, 4) is 17.2 Å². The van der Waals surface area contributed by atoms with Gasteiger partial charge in [0.2, 0.25) is 0 Å². The Labute approximate surface area is 212 Å². The molecule has 1 aromatic heterocycles. The second-order valence-corrected chi connectivity index (χ2v) is 9.14. The summed E-state index contributed by atoms with van der Waals surface area (Å²) in [6.07, 6.45) is 1.84. The van der Waals surface area contributed by atoms with Crippen LogP contribution in [-0.4, -0.2) is 38.5 Å². The molecule has 0 N–H and O–H groups in total. The fourth-order valence-corrected chi connectivity index (χ4v) is 5.25. The van der Waals surface area contributed by atoms with Gasteiger partial charge in [0.05, 0.1) is 43.7 Å². The Bertz CT molecular complexity index is 1530. The first-order valence-corrected chi connectivity index (χ1v) is 12.2. The summed E-state index contributed by atoms with van der Waals surface area (Å²) in [5.74, 6) is 1.29. The predicted molar refractivity (Wildman–Crippen MR) is 138 cm³/mol. The van der Waals surface area contributed by atoms with Gasteiger partial charge in [0.15, 0.2) is 4.80 Å². The minimum atomic E-state index is -0.801. The maximum Gasteiger partial charge on any atom is 0.338 e. The van der Waals surface area contributed by atoms with E-state index in [0.717, 1.165) is 16.9 Å². The lowest BCUT2D eigenvalue weighted by atomic mass is 9.94. The SMILES string of the molecule is CCOC(=O)C1=C(C)N=c2sc(=Cc3ccc(OC)cc3C)c(=O)n2C1c1cc(OC)ccc1OC. The van der Waals surface area contributed by atoms with E-state index in [4.69, 9.17) is 18.9 Å². The van der Waals surface area contributed by atoms with Crippen LogP contribution in [0.15, 0.2) is 57.5 Å². The molecular formula is C27H28N2O6S. The molecular weight excluding hydrogens is 480 g/mol. The predicted octanol–water partition coefficient (Wildman–Crippen LogP) is 3.13. The van der Waals surface area contributed by atoms with Gasteiger partial charge in [-0.1, -0.05) is 17.4 Å². The van der Waals surface area contributed by atoms with E-state index in [1.807, 2.05) is 31.2 Å². The zero-order chi connectivity index (χ0) is 26.0. The van der Waals surface area contributed by atoms with Crippen LogP contribution in [-0.2, 0) is 9.53 Å². The molecule has 3 aromatic rings. The number of allylic oxidation sites excluding steroid dienone is 1. The molecule has 0 aliphatic carbocycles. The number of fused-ring (bicyclic) bond motifs is 1. The van der Waals surface area contributed by atoms with Gasteiger partial charge < -0.3 is 18.9 Å². The number of esters is 1. The van der Waals surface area contributed by atoms with Crippen LogP contribution in [0.4, 0.5) is 0 Å². The van der Waals surface area contributed by atoms with Gasteiger partial charge in [0.25, 0.3) is 5.56 Å². The average molecular weight is 509 g/mol. The highest BCUT2D eigenvalue weighted by Gasteiger charge is 2.35. The van der Waals surface area contributed by atoms with Gasteiger partial charge in [-0.2, -0.15) is 0 Å². The Morgan fingerprint density at radius 3 is 2.39 bits per heavy atom. The zero-order valence-corrected chi connectivity index (χ0v) is 21.9. The van der Waals surface area contributed by atoms with Crippen molar-refractivity contribution in [1.82, 2.24) is 4.57 Å². The van der Waals surface area contributed by atoms with Crippen LogP contribution in [0.2, 0.25) is 0 Å². The molecule has 8 nitrogen and oxygen atoms in total. The van der Waals surface area contributed by atoms with Crippen molar-refractivity contribution in [3.63, 3.8) is 0 Å². The fraction of sp³-hybridized carbons (Fsp3) is 0.296. The summed E-state index contributed by atoms with van der Waals surface area (Å²) >= 11 is 1.27. The second kappa shape index (κ2) is 10.4. The number of rotatable bonds is 7. The number of methoxy groups -OCH3 is 3. The molecule has 1 unspecified atom stereocenters. The molecule has 2 heterocycles. The number of hydrogen-bond donors (Lipinski definition) is 0. The molecule has 188 valence electrons. The summed E-state index contributed by atoms with van der Waals surface area (Å²) in [6, 6.07) is 10.2. The molecule has 0 spiro atoms. The van der Waals surface area contributed by atoms with E-state index in [1.54, 1.807) is 53.4 Å². The average Bonchev–Trinajstić information content (AvgIpc) is 3.18. The maximum absolute atomic E-state index is 13.8. The molecule has 0 fully saturated rings. The van der Waals surface area contributed by atoms with Crippen LogP contribution < -0.4 is 29.1 Å². The number of carbonyl (C=O) groups is 1. The van der Waals surface area contributed by atoms with Crippen LogP contribution >= 0.6 is 11.3 Å². The van der Waals surface area contributed by atoms with Crippen molar-refractivity contribution in [2.45, 2.75) is 26.8 Å². The first-order chi connectivity index (χ1) is 17.3. The van der Waals surface area contributed by atoms with Gasteiger partial charge in [0.1, 0.15) is 23.3 Å². The Balaban J connectivity index is 2.00. The molecule has 0 bridgehead atoms. The van der Waals surface area contributed by atoms with Crippen LogP contribution in [0.3, 0.4) is 0 Å². The molecule has 0 saturated carbocycles. The van der Waals surface area contributed by atoms with Gasteiger partial charge in [0, 0.05) is 5.56 Å². The van der Waals surface area contributed by atoms with Crippen molar-refractivity contribution in [2.75, 3.05) is 27.9 Å². The van der Waals surface area contributed by atoms with Gasteiger partial charge in [-0.3, -0.25) is 9.36 Å². The maximum atomic E-state index is 13.8. The molecule has 36 heavy (non-hydrogen) atoms. The van der Waals surface area contributed by atoms with E-state index in [1.165, 1.54) is 15.9 Å². The molecule has 1 aliphatic heterocycles. The Morgan fingerprint density at radius 1 is 1.06 bits per heavy atom. The first-order valence-electron chi connectivity index (χ1n) is 11.4. The van der Waals surface area contributed by atoms with E-state index in [0.29, 0.717) is 32.1 Å². The van der Waals surface area contributed by atoms with E-state index in [2.05, 4.69) is 4.99 Å². The number of aromatic nitrogens is 1. The third kappa shape index (κ3) is 4.54. The van der Waals surface area contributed by atoms with Gasteiger partial charge >= 0.3 is 5.97 Å². The highest BCUT2D eigenvalue weighted by atomic mass is 32.1. The largest absolute Gasteiger partial charge is 0.497 e. The molecule has 4 rings (SSSR count). The molecule has 0 amide bonds. The van der Waals surface area contributed by atoms with Crippen molar-refractivity contribution >= 4 is 23.4 Å². The normalized spacial score (nSPS) is 15.3. The summed E-state index contributed by atoms with van der Waals surface area (Å²) in [5.41, 5.74) is 2.95. The number of nitrogens with zero attached hydrogens (tertiary/aromatic N) is 2. The van der Waals surface area contributed by atoms with E-state index >= 15 is 0 Å². The summed E-state index contributed by atoms with van der Waals surface area (Å²) in [7, 11) is 4.71. The number of ether oxygens (including phenoxy) is 4. The van der Waals surface area contributed by atoms with Crippen LogP contribution in [0.25, 0.3) is 6.08 Å². The number of thiazole rings is 1. The van der Waals surface area contributed by atoms with E-state index in [9.17, 15) is 9.59 Å². The third-order valence-electron chi connectivity index (χ3n) is 6.01. The van der Waals surface area contributed by atoms with Crippen molar-refractivity contribution in [1.29, 1.82) is 0 Å². The molecule has 2 aromatic carbocycles. The quantitative estimate of drug-likeness (QED) is 0.456. The monoisotopic (exact) mass is 508 g/mol. The molecule has 9 heteroatoms. The molecule has 1 aliphatic rings. The van der Waals surface area contributed by atoms with Crippen molar-refractivity contribution < 1.29 is 23.7 Å². The van der Waals surface area contributed by atoms with Gasteiger partial charge in [-0.15, -0.1) is 0 Å².